The Morgan fingerprint density at radius 2 is 2.05 bits per heavy atom. The third-order valence-electron chi connectivity index (χ3n) is 4.12. The molecule has 1 aromatic rings. The Bertz CT molecular complexity index is 468. The number of carbonyl (C=O) groups is 1. The van der Waals surface area contributed by atoms with Crippen molar-refractivity contribution >= 4 is 5.91 Å². The topological polar surface area (TPSA) is 49.3 Å². The average Bonchev–Trinajstić information content (AvgIpc) is 2.85. The Hall–Kier alpha value is -1.35. The molecule has 3 nitrogen and oxygen atoms in total. The lowest BCUT2D eigenvalue weighted by Gasteiger charge is -2.21. The van der Waals surface area contributed by atoms with E-state index in [1.54, 1.807) is 0 Å². The van der Waals surface area contributed by atoms with Gasteiger partial charge in [-0.15, -0.1) is 0 Å². The summed E-state index contributed by atoms with van der Waals surface area (Å²) in [6, 6.07) is 6.47. The summed E-state index contributed by atoms with van der Waals surface area (Å²) < 4.78 is 0. The van der Waals surface area contributed by atoms with Gasteiger partial charge in [-0.2, -0.15) is 0 Å². The highest BCUT2D eigenvalue weighted by Gasteiger charge is 2.17. The number of aryl methyl sites for hydroxylation is 2. The largest absolute Gasteiger partial charge is 0.396 e. The second-order valence-corrected chi connectivity index (χ2v) is 6.06. The standard InChI is InChI=1S/C17H25NO2/c1-12(2)16(8-9-19)18-17(20)11-13-6-7-14-4-3-5-15(14)10-13/h6-7,10,12,16,19H,3-5,8-9,11H2,1-2H3,(H,18,20). The summed E-state index contributed by atoms with van der Waals surface area (Å²) in [7, 11) is 0. The van der Waals surface area contributed by atoms with Gasteiger partial charge in [0, 0.05) is 12.6 Å². The number of nitrogens with one attached hydrogen (secondary N) is 1. The van der Waals surface area contributed by atoms with E-state index in [9.17, 15) is 4.79 Å². The van der Waals surface area contributed by atoms with Gasteiger partial charge in [0.1, 0.15) is 0 Å². The lowest BCUT2D eigenvalue weighted by molar-refractivity contribution is -0.121. The fraction of sp³-hybridized carbons (Fsp3) is 0.588. The van der Waals surface area contributed by atoms with Gasteiger partial charge < -0.3 is 10.4 Å². The molecule has 0 aromatic heterocycles. The summed E-state index contributed by atoms with van der Waals surface area (Å²) >= 11 is 0. The number of amides is 1. The summed E-state index contributed by atoms with van der Waals surface area (Å²) in [5.41, 5.74) is 3.94. The van der Waals surface area contributed by atoms with Crippen molar-refractivity contribution in [2.75, 3.05) is 6.61 Å². The first-order valence-corrected chi connectivity index (χ1v) is 7.61. The third-order valence-corrected chi connectivity index (χ3v) is 4.12. The molecule has 1 aliphatic rings. The van der Waals surface area contributed by atoms with E-state index in [-0.39, 0.29) is 18.6 Å². The minimum Gasteiger partial charge on any atom is -0.396 e. The monoisotopic (exact) mass is 275 g/mol. The number of aliphatic hydroxyl groups excluding tert-OH is 1. The fourth-order valence-electron chi connectivity index (χ4n) is 2.89. The van der Waals surface area contributed by atoms with Crippen molar-refractivity contribution in [1.82, 2.24) is 5.32 Å². The van der Waals surface area contributed by atoms with Crippen LogP contribution in [0, 0.1) is 5.92 Å². The van der Waals surface area contributed by atoms with Crippen LogP contribution in [-0.2, 0) is 24.1 Å². The molecule has 20 heavy (non-hydrogen) atoms. The second-order valence-electron chi connectivity index (χ2n) is 6.06. The molecule has 0 saturated carbocycles. The molecule has 1 amide bonds. The number of fused-ring (bicyclic) bond motifs is 1. The molecule has 1 unspecified atom stereocenters. The van der Waals surface area contributed by atoms with E-state index >= 15 is 0 Å². The van der Waals surface area contributed by atoms with Crippen molar-refractivity contribution in [2.45, 2.75) is 52.0 Å². The van der Waals surface area contributed by atoms with Crippen molar-refractivity contribution in [1.29, 1.82) is 0 Å². The molecule has 1 atom stereocenters. The van der Waals surface area contributed by atoms with Crippen molar-refractivity contribution in [3.05, 3.63) is 34.9 Å². The maximum atomic E-state index is 12.1. The average molecular weight is 275 g/mol. The summed E-state index contributed by atoms with van der Waals surface area (Å²) in [6.45, 7) is 4.24. The fourth-order valence-corrected chi connectivity index (χ4v) is 2.89. The highest BCUT2D eigenvalue weighted by Crippen LogP contribution is 2.23. The van der Waals surface area contributed by atoms with Gasteiger partial charge in [-0.1, -0.05) is 32.0 Å². The Morgan fingerprint density at radius 3 is 2.75 bits per heavy atom. The van der Waals surface area contributed by atoms with Crippen LogP contribution in [0.5, 0.6) is 0 Å². The lowest BCUT2D eigenvalue weighted by Crippen LogP contribution is -2.40. The Kier molecular flexibility index (Phi) is 5.18. The van der Waals surface area contributed by atoms with Crippen LogP contribution in [0.15, 0.2) is 18.2 Å². The van der Waals surface area contributed by atoms with Crippen LogP contribution in [0.3, 0.4) is 0 Å². The zero-order valence-electron chi connectivity index (χ0n) is 12.5. The number of hydrogen-bond acceptors (Lipinski definition) is 2. The van der Waals surface area contributed by atoms with E-state index < -0.39 is 0 Å². The van der Waals surface area contributed by atoms with E-state index in [4.69, 9.17) is 5.11 Å². The molecular formula is C17H25NO2. The zero-order chi connectivity index (χ0) is 14.5. The van der Waals surface area contributed by atoms with Gasteiger partial charge in [0.05, 0.1) is 6.42 Å². The highest BCUT2D eigenvalue weighted by atomic mass is 16.3. The van der Waals surface area contributed by atoms with Gasteiger partial charge in [0.2, 0.25) is 5.91 Å². The molecule has 110 valence electrons. The molecular weight excluding hydrogens is 250 g/mol. The molecule has 0 bridgehead atoms. The van der Waals surface area contributed by atoms with Crippen LogP contribution in [0.2, 0.25) is 0 Å². The van der Waals surface area contributed by atoms with Crippen LogP contribution < -0.4 is 5.32 Å². The van der Waals surface area contributed by atoms with Gasteiger partial charge >= 0.3 is 0 Å². The van der Waals surface area contributed by atoms with E-state index in [1.807, 2.05) is 0 Å². The summed E-state index contributed by atoms with van der Waals surface area (Å²) in [5.74, 6) is 0.390. The van der Waals surface area contributed by atoms with Crippen LogP contribution >= 0.6 is 0 Å². The van der Waals surface area contributed by atoms with Crippen molar-refractivity contribution in [2.24, 2.45) is 5.92 Å². The van der Waals surface area contributed by atoms with E-state index in [1.165, 1.54) is 24.0 Å². The lowest BCUT2D eigenvalue weighted by atomic mass is 10.00. The van der Waals surface area contributed by atoms with Crippen LogP contribution in [0.1, 0.15) is 43.4 Å². The third kappa shape index (κ3) is 3.83. The van der Waals surface area contributed by atoms with Gasteiger partial charge in [0.25, 0.3) is 0 Å². The number of benzene rings is 1. The smallest absolute Gasteiger partial charge is 0.224 e. The van der Waals surface area contributed by atoms with Crippen LogP contribution in [0.25, 0.3) is 0 Å². The molecule has 1 aromatic carbocycles. The van der Waals surface area contributed by atoms with Gasteiger partial charge in [-0.3, -0.25) is 4.79 Å². The van der Waals surface area contributed by atoms with Crippen LogP contribution in [-0.4, -0.2) is 23.7 Å². The predicted molar refractivity (Wildman–Crippen MR) is 80.6 cm³/mol. The summed E-state index contributed by atoms with van der Waals surface area (Å²) in [6.07, 6.45) is 4.60. The van der Waals surface area contributed by atoms with Crippen LogP contribution in [0.4, 0.5) is 0 Å². The van der Waals surface area contributed by atoms with Crippen molar-refractivity contribution < 1.29 is 9.90 Å². The molecule has 3 heteroatoms. The van der Waals surface area contributed by atoms with Gasteiger partial charge in [-0.05, 0) is 48.3 Å². The molecule has 2 N–H and O–H groups in total. The highest BCUT2D eigenvalue weighted by molar-refractivity contribution is 5.79. The molecule has 0 fully saturated rings. The first-order chi connectivity index (χ1) is 9.60. The molecule has 0 heterocycles. The first kappa shape index (κ1) is 15.0. The van der Waals surface area contributed by atoms with Crippen molar-refractivity contribution in [3.8, 4) is 0 Å². The molecule has 0 radical (unpaired) electrons. The van der Waals surface area contributed by atoms with Gasteiger partial charge in [-0.25, -0.2) is 0 Å². The summed E-state index contributed by atoms with van der Waals surface area (Å²) in [5, 5.41) is 12.1. The van der Waals surface area contributed by atoms with Crippen molar-refractivity contribution in [3.63, 3.8) is 0 Å². The van der Waals surface area contributed by atoms with E-state index in [2.05, 4.69) is 37.4 Å². The normalized spacial score (nSPS) is 15.2. The second kappa shape index (κ2) is 6.89. The minimum absolute atomic E-state index is 0.0510. The predicted octanol–water partition coefficient (Wildman–Crippen LogP) is 2.24. The van der Waals surface area contributed by atoms with E-state index in [0.29, 0.717) is 18.8 Å². The van der Waals surface area contributed by atoms with Gasteiger partial charge in [0.15, 0.2) is 0 Å². The molecule has 2 rings (SSSR count). The number of aliphatic hydroxyl groups is 1. The summed E-state index contributed by atoms with van der Waals surface area (Å²) in [4.78, 5) is 12.1. The molecule has 0 aliphatic heterocycles. The number of carbonyl (C=O) groups excluding carboxylic acids is 1. The molecule has 0 saturated heterocycles. The Balaban J connectivity index is 1.94. The minimum atomic E-state index is 0.0510. The number of hydrogen-bond donors (Lipinski definition) is 2. The Morgan fingerprint density at radius 1 is 1.30 bits per heavy atom. The van der Waals surface area contributed by atoms with E-state index in [0.717, 1.165) is 12.0 Å². The molecule has 1 aliphatic carbocycles. The molecule has 0 spiro atoms. The SMILES string of the molecule is CC(C)C(CCO)NC(=O)Cc1ccc2c(c1)CCC2. The Labute approximate surface area is 121 Å². The number of rotatable bonds is 6. The quantitative estimate of drug-likeness (QED) is 0.836. The maximum absolute atomic E-state index is 12.1. The zero-order valence-corrected chi connectivity index (χ0v) is 12.5. The first-order valence-electron chi connectivity index (χ1n) is 7.61. The maximum Gasteiger partial charge on any atom is 0.224 e.